The summed E-state index contributed by atoms with van der Waals surface area (Å²) < 4.78 is 53.2. The zero-order valence-electron chi connectivity index (χ0n) is 14.4. The van der Waals surface area contributed by atoms with Gasteiger partial charge in [-0.05, 0) is 30.3 Å². The number of piperazine rings is 1. The van der Waals surface area contributed by atoms with Crippen LogP contribution in [0.1, 0.15) is 5.56 Å². The van der Waals surface area contributed by atoms with Crippen molar-refractivity contribution in [1.29, 1.82) is 0 Å². The normalized spacial score (nSPS) is 15.6. The second kappa shape index (κ2) is 8.01. The Bertz CT molecular complexity index is 915. The van der Waals surface area contributed by atoms with Gasteiger partial charge >= 0.3 is 6.03 Å². The molecule has 27 heavy (non-hydrogen) atoms. The van der Waals surface area contributed by atoms with Crippen LogP contribution in [0.5, 0.6) is 0 Å². The maximum Gasteiger partial charge on any atom is 0.317 e. The summed E-state index contributed by atoms with van der Waals surface area (Å²) in [5.74, 6) is -1.18. The molecule has 1 saturated heterocycles. The number of amides is 2. The van der Waals surface area contributed by atoms with Crippen LogP contribution in [-0.2, 0) is 16.6 Å². The Labute approximate surface area is 156 Å². The monoisotopic (exact) mass is 395 g/mol. The van der Waals surface area contributed by atoms with Crippen molar-refractivity contribution < 1.29 is 22.0 Å². The largest absolute Gasteiger partial charge is 0.334 e. The number of hydrogen-bond acceptors (Lipinski definition) is 3. The van der Waals surface area contributed by atoms with Crippen molar-refractivity contribution in [2.24, 2.45) is 0 Å². The van der Waals surface area contributed by atoms with Crippen LogP contribution in [0.2, 0.25) is 0 Å². The van der Waals surface area contributed by atoms with Crippen molar-refractivity contribution in [1.82, 2.24) is 14.5 Å². The molecule has 2 aromatic carbocycles. The fraction of sp³-hybridized carbons (Fsp3) is 0.278. The molecule has 0 aliphatic carbocycles. The van der Waals surface area contributed by atoms with Crippen molar-refractivity contribution in [3.05, 3.63) is 65.7 Å². The maximum atomic E-state index is 13.6. The smallest absolute Gasteiger partial charge is 0.317 e. The first-order valence-electron chi connectivity index (χ1n) is 8.40. The SMILES string of the molecule is O=C(NCc1cc(F)ccc1F)N1CCN(S(=O)(=O)c2ccccc2)CC1. The summed E-state index contributed by atoms with van der Waals surface area (Å²) >= 11 is 0. The van der Waals surface area contributed by atoms with Crippen molar-refractivity contribution in [3.8, 4) is 0 Å². The van der Waals surface area contributed by atoms with Crippen LogP contribution in [-0.4, -0.2) is 49.8 Å². The number of carbonyl (C=O) groups is 1. The fourth-order valence-electron chi connectivity index (χ4n) is 2.83. The third-order valence-electron chi connectivity index (χ3n) is 4.34. The highest BCUT2D eigenvalue weighted by atomic mass is 32.2. The second-order valence-corrected chi connectivity index (χ2v) is 8.04. The summed E-state index contributed by atoms with van der Waals surface area (Å²) in [5.41, 5.74) is 0.0497. The molecule has 1 aliphatic rings. The topological polar surface area (TPSA) is 69.7 Å². The highest BCUT2D eigenvalue weighted by Gasteiger charge is 2.29. The minimum absolute atomic E-state index is 0.0497. The van der Waals surface area contributed by atoms with Gasteiger partial charge in [0.15, 0.2) is 0 Å². The summed E-state index contributed by atoms with van der Waals surface area (Å²) in [7, 11) is -3.59. The molecule has 1 N–H and O–H groups in total. The first-order valence-corrected chi connectivity index (χ1v) is 9.84. The Hall–Kier alpha value is -2.52. The third kappa shape index (κ3) is 4.42. The van der Waals surface area contributed by atoms with E-state index in [-0.39, 0.29) is 43.2 Å². The van der Waals surface area contributed by atoms with Gasteiger partial charge in [-0.15, -0.1) is 0 Å². The number of benzene rings is 2. The maximum absolute atomic E-state index is 13.6. The molecule has 9 heteroatoms. The van der Waals surface area contributed by atoms with Crippen LogP contribution in [0.15, 0.2) is 53.4 Å². The van der Waals surface area contributed by atoms with E-state index in [1.165, 1.54) is 21.3 Å². The summed E-state index contributed by atoms with van der Waals surface area (Å²) in [6.07, 6.45) is 0. The molecule has 2 aromatic rings. The lowest BCUT2D eigenvalue weighted by molar-refractivity contribution is 0.172. The van der Waals surface area contributed by atoms with Crippen LogP contribution in [0, 0.1) is 11.6 Å². The number of nitrogens with one attached hydrogen (secondary N) is 1. The Morgan fingerprint density at radius 1 is 1.00 bits per heavy atom. The zero-order valence-corrected chi connectivity index (χ0v) is 15.3. The summed E-state index contributed by atoms with van der Waals surface area (Å²) in [6.45, 7) is 0.607. The predicted molar refractivity (Wildman–Crippen MR) is 95.4 cm³/mol. The lowest BCUT2D eigenvalue weighted by atomic mass is 10.2. The van der Waals surface area contributed by atoms with Gasteiger partial charge in [0.2, 0.25) is 10.0 Å². The Morgan fingerprint density at radius 2 is 1.67 bits per heavy atom. The molecule has 0 atom stereocenters. The fourth-order valence-corrected chi connectivity index (χ4v) is 4.28. The molecule has 0 spiro atoms. The van der Waals surface area contributed by atoms with E-state index in [1.807, 2.05) is 0 Å². The standard InChI is InChI=1S/C18H19F2N3O3S/c19-15-6-7-17(20)14(12-15)13-21-18(24)22-8-10-23(11-9-22)27(25,26)16-4-2-1-3-5-16/h1-7,12H,8-11,13H2,(H,21,24). The molecule has 0 bridgehead atoms. The summed E-state index contributed by atoms with van der Waals surface area (Å²) in [6, 6.07) is 10.7. The van der Waals surface area contributed by atoms with Gasteiger partial charge in [-0.1, -0.05) is 18.2 Å². The summed E-state index contributed by atoms with van der Waals surface area (Å²) in [5, 5.41) is 2.53. The van der Waals surface area contributed by atoms with Crippen molar-refractivity contribution in [2.75, 3.05) is 26.2 Å². The van der Waals surface area contributed by atoms with Gasteiger partial charge in [-0.25, -0.2) is 22.0 Å². The highest BCUT2D eigenvalue weighted by molar-refractivity contribution is 7.89. The number of halogens is 2. The van der Waals surface area contributed by atoms with Gasteiger partial charge in [0.05, 0.1) is 4.90 Å². The number of sulfonamides is 1. The van der Waals surface area contributed by atoms with E-state index in [0.717, 1.165) is 18.2 Å². The molecule has 1 fully saturated rings. The molecular formula is C18H19F2N3O3S. The number of hydrogen-bond donors (Lipinski definition) is 1. The quantitative estimate of drug-likeness (QED) is 0.863. The lowest BCUT2D eigenvalue weighted by Crippen LogP contribution is -2.52. The van der Waals surface area contributed by atoms with Gasteiger partial charge in [-0.2, -0.15) is 4.31 Å². The molecule has 2 amide bonds. The average molecular weight is 395 g/mol. The van der Waals surface area contributed by atoms with E-state index in [2.05, 4.69) is 5.32 Å². The van der Waals surface area contributed by atoms with E-state index in [4.69, 9.17) is 0 Å². The van der Waals surface area contributed by atoms with Gasteiger partial charge < -0.3 is 10.2 Å². The highest BCUT2D eigenvalue weighted by Crippen LogP contribution is 2.17. The molecule has 144 valence electrons. The average Bonchev–Trinajstić information content (AvgIpc) is 2.69. The lowest BCUT2D eigenvalue weighted by Gasteiger charge is -2.34. The van der Waals surface area contributed by atoms with Crippen molar-refractivity contribution in [2.45, 2.75) is 11.4 Å². The first-order chi connectivity index (χ1) is 12.9. The van der Waals surface area contributed by atoms with E-state index >= 15 is 0 Å². The number of carbonyl (C=O) groups excluding carboxylic acids is 1. The van der Waals surface area contributed by atoms with E-state index in [9.17, 15) is 22.0 Å². The number of rotatable bonds is 4. The van der Waals surface area contributed by atoms with Gasteiger partial charge in [0, 0.05) is 38.3 Å². The molecule has 0 saturated carbocycles. The van der Waals surface area contributed by atoms with Gasteiger partial charge in [0.25, 0.3) is 0 Å². The number of urea groups is 1. The zero-order chi connectivity index (χ0) is 19.4. The van der Waals surface area contributed by atoms with E-state index in [0.29, 0.717) is 0 Å². The Balaban J connectivity index is 1.56. The molecule has 6 nitrogen and oxygen atoms in total. The van der Waals surface area contributed by atoms with Crippen molar-refractivity contribution >= 4 is 16.1 Å². The van der Waals surface area contributed by atoms with Crippen LogP contribution in [0.4, 0.5) is 13.6 Å². The molecule has 3 rings (SSSR count). The Kier molecular flexibility index (Phi) is 5.71. The van der Waals surface area contributed by atoms with Crippen LogP contribution in [0.3, 0.4) is 0 Å². The van der Waals surface area contributed by atoms with Crippen LogP contribution >= 0.6 is 0 Å². The van der Waals surface area contributed by atoms with Crippen molar-refractivity contribution in [3.63, 3.8) is 0 Å². The van der Waals surface area contributed by atoms with Gasteiger partial charge in [-0.3, -0.25) is 0 Å². The van der Waals surface area contributed by atoms with Gasteiger partial charge in [0.1, 0.15) is 11.6 Å². The molecule has 1 heterocycles. The Morgan fingerprint density at radius 3 is 2.33 bits per heavy atom. The third-order valence-corrected chi connectivity index (χ3v) is 6.26. The molecule has 0 radical (unpaired) electrons. The molecule has 1 aliphatic heterocycles. The molecular weight excluding hydrogens is 376 g/mol. The first kappa shape index (κ1) is 19.2. The van der Waals surface area contributed by atoms with Crippen LogP contribution < -0.4 is 5.32 Å². The predicted octanol–water partition coefficient (Wildman–Crippen LogP) is 2.18. The van der Waals surface area contributed by atoms with E-state index < -0.39 is 27.7 Å². The molecule has 0 unspecified atom stereocenters. The minimum Gasteiger partial charge on any atom is -0.334 e. The second-order valence-electron chi connectivity index (χ2n) is 6.10. The minimum atomic E-state index is -3.59. The molecule has 0 aromatic heterocycles. The van der Waals surface area contributed by atoms with Crippen LogP contribution in [0.25, 0.3) is 0 Å². The summed E-state index contributed by atoms with van der Waals surface area (Å²) in [4.78, 5) is 13.9. The number of nitrogens with zero attached hydrogens (tertiary/aromatic N) is 2. The van der Waals surface area contributed by atoms with E-state index in [1.54, 1.807) is 18.2 Å².